The SMILES string of the molecule is [N-]=[N+]=NCc1ccccc1.[N-]=[N+]=NCc1ccccc1. The standard InChI is InChI=1S/2C7H7N3/c2*8-10-9-6-7-4-2-1-3-5-7/h2*1-5H,6H2. The third kappa shape index (κ3) is 6.71. The maximum atomic E-state index is 7.99. The Bertz CT molecular complexity index is 528. The Kier molecular flexibility index (Phi) is 7.58. The van der Waals surface area contributed by atoms with Crippen LogP contribution in [0.25, 0.3) is 20.9 Å². The van der Waals surface area contributed by atoms with Crippen LogP contribution in [0.2, 0.25) is 0 Å². The maximum Gasteiger partial charge on any atom is 0.0510 e. The monoisotopic (exact) mass is 266 g/mol. The molecule has 0 saturated heterocycles. The van der Waals surface area contributed by atoms with Crippen molar-refractivity contribution in [1.82, 2.24) is 0 Å². The number of rotatable bonds is 4. The quantitative estimate of drug-likeness (QED) is 0.423. The largest absolute Gasteiger partial charge is 0.0893 e. The fourth-order valence-corrected chi connectivity index (χ4v) is 1.39. The summed E-state index contributed by atoms with van der Waals surface area (Å²) in [6.07, 6.45) is 0. The second kappa shape index (κ2) is 10.0. The van der Waals surface area contributed by atoms with Gasteiger partial charge in [-0.2, -0.15) is 0 Å². The van der Waals surface area contributed by atoms with Crippen LogP contribution in [-0.2, 0) is 13.1 Å². The predicted octanol–water partition coefficient (Wildman–Crippen LogP) is 4.99. The summed E-state index contributed by atoms with van der Waals surface area (Å²) >= 11 is 0. The molecule has 20 heavy (non-hydrogen) atoms. The Morgan fingerprint density at radius 2 is 1.00 bits per heavy atom. The van der Waals surface area contributed by atoms with Crippen LogP contribution in [-0.4, -0.2) is 0 Å². The molecule has 2 aromatic rings. The van der Waals surface area contributed by atoms with Gasteiger partial charge < -0.3 is 0 Å². The summed E-state index contributed by atoms with van der Waals surface area (Å²) in [5.41, 5.74) is 18.1. The van der Waals surface area contributed by atoms with E-state index in [9.17, 15) is 0 Å². The van der Waals surface area contributed by atoms with Crippen LogP contribution < -0.4 is 0 Å². The Morgan fingerprint density at radius 3 is 1.30 bits per heavy atom. The molecule has 2 rings (SSSR count). The zero-order chi connectivity index (χ0) is 14.5. The minimum absolute atomic E-state index is 0.442. The fraction of sp³-hybridized carbons (Fsp3) is 0.143. The van der Waals surface area contributed by atoms with Gasteiger partial charge >= 0.3 is 0 Å². The highest BCUT2D eigenvalue weighted by molar-refractivity contribution is 5.14. The summed E-state index contributed by atoms with van der Waals surface area (Å²) in [4.78, 5) is 5.31. The van der Waals surface area contributed by atoms with E-state index in [4.69, 9.17) is 11.1 Å². The number of hydrogen-bond acceptors (Lipinski definition) is 2. The van der Waals surface area contributed by atoms with Crippen LogP contribution in [0, 0.1) is 0 Å². The van der Waals surface area contributed by atoms with Crippen molar-refractivity contribution in [3.05, 3.63) is 92.7 Å². The number of benzene rings is 2. The summed E-state index contributed by atoms with van der Waals surface area (Å²) in [6, 6.07) is 19.2. The Hall–Kier alpha value is -2.94. The van der Waals surface area contributed by atoms with E-state index >= 15 is 0 Å². The Labute approximate surface area is 116 Å². The molecule has 0 aliphatic carbocycles. The first kappa shape index (κ1) is 15.1. The second-order valence-corrected chi connectivity index (χ2v) is 3.75. The van der Waals surface area contributed by atoms with Crippen molar-refractivity contribution < 1.29 is 0 Å². The van der Waals surface area contributed by atoms with Gasteiger partial charge in [-0.15, -0.1) is 0 Å². The zero-order valence-corrected chi connectivity index (χ0v) is 10.9. The molecule has 0 fully saturated rings. The highest BCUT2D eigenvalue weighted by Gasteiger charge is 1.84. The molecule has 0 aromatic heterocycles. The highest BCUT2D eigenvalue weighted by atomic mass is 15.1. The van der Waals surface area contributed by atoms with Gasteiger partial charge in [-0.1, -0.05) is 70.9 Å². The van der Waals surface area contributed by atoms with E-state index < -0.39 is 0 Å². The van der Waals surface area contributed by atoms with Gasteiger partial charge in [0.05, 0.1) is 13.1 Å². The zero-order valence-electron chi connectivity index (χ0n) is 10.9. The molecular formula is C14H14N6. The first-order valence-corrected chi connectivity index (χ1v) is 5.96. The van der Waals surface area contributed by atoms with Crippen molar-refractivity contribution in [3.8, 4) is 0 Å². The second-order valence-electron chi connectivity index (χ2n) is 3.75. The molecule has 6 nitrogen and oxygen atoms in total. The van der Waals surface area contributed by atoms with Crippen molar-refractivity contribution in [2.24, 2.45) is 10.2 Å². The van der Waals surface area contributed by atoms with Gasteiger partial charge in [0.2, 0.25) is 0 Å². The van der Waals surface area contributed by atoms with Gasteiger partial charge in [-0.25, -0.2) is 0 Å². The molecule has 0 bridgehead atoms. The van der Waals surface area contributed by atoms with Gasteiger partial charge in [-0.3, -0.25) is 0 Å². The van der Waals surface area contributed by atoms with Crippen LogP contribution in [0.5, 0.6) is 0 Å². The lowest BCUT2D eigenvalue weighted by atomic mass is 10.2. The highest BCUT2D eigenvalue weighted by Crippen LogP contribution is 2.00. The summed E-state index contributed by atoms with van der Waals surface area (Å²) in [5, 5.41) is 6.85. The van der Waals surface area contributed by atoms with Crippen LogP contribution in [0.3, 0.4) is 0 Å². The van der Waals surface area contributed by atoms with Crippen molar-refractivity contribution in [2.45, 2.75) is 13.1 Å². The molecule has 0 heterocycles. The van der Waals surface area contributed by atoms with Gasteiger partial charge in [0.1, 0.15) is 0 Å². The van der Waals surface area contributed by atoms with Gasteiger partial charge in [0, 0.05) is 9.82 Å². The number of azide groups is 2. The maximum absolute atomic E-state index is 7.99. The molecule has 0 N–H and O–H groups in total. The van der Waals surface area contributed by atoms with Crippen LogP contribution in [0.1, 0.15) is 11.1 Å². The Morgan fingerprint density at radius 1 is 0.650 bits per heavy atom. The first-order valence-electron chi connectivity index (χ1n) is 5.96. The number of hydrogen-bond donors (Lipinski definition) is 0. The van der Waals surface area contributed by atoms with Gasteiger partial charge in [0.15, 0.2) is 0 Å². The van der Waals surface area contributed by atoms with E-state index in [-0.39, 0.29) is 0 Å². The van der Waals surface area contributed by atoms with E-state index in [0.29, 0.717) is 13.1 Å². The smallest absolute Gasteiger partial charge is 0.0510 e. The third-order valence-electron chi connectivity index (χ3n) is 2.32. The lowest BCUT2D eigenvalue weighted by molar-refractivity contribution is 1.05. The summed E-state index contributed by atoms with van der Waals surface area (Å²) in [7, 11) is 0. The molecule has 0 saturated carbocycles. The van der Waals surface area contributed by atoms with Crippen LogP contribution in [0.15, 0.2) is 70.9 Å². The lowest BCUT2D eigenvalue weighted by Crippen LogP contribution is -1.75. The minimum Gasteiger partial charge on any atom is -0.0893 e. The van der Waals surface area contributed by atoms with Crippen molar-refractivity contribution in [3.63, 3.8) is 0 Å². The molecule has 0 atom stereocenters. The predicted molar refractivity (Wildman–Crippen MR) is 78.6 cm³/mol. The number of nitrogens with zero attached hydrogens (tertiary/aromatic N) is 6. The molecule has 0 unspecified atom stereocenters. The summed E-state index contributed by atoms with van der Waals surface area (Å²) in [5.74, 6) is 0. The van der Waals surface area contributed by atoms with E-state index in [1.165, 1.54) is 0 Å². The van der Waals surface area contributed by atoms with E-state index in [0.717, 1.165) is 11.1 Å². The lowest BCUT2D eigenvalue weighted by Gasteiger charge is -1.90. The van der Waals surface area contributed by atoms with E-state index in [1.54, 1.807) is 0 Å². The van der Waals surface area contributed by atoms with Crippen molar-refractivity contribution in [1.29, 1.82) is 0 Å². The average molecular weight is 266 g/mol. The van der Waals surface area contributed by atoms with E-state index in [2.05, 4.69) is 20.1 Å². The molecule has 100 valence electrons. The van der Waals surface area contributed by atoms with Crippen molar-refractivity contribution >= 4 is 0 Å². The summed E-state index contributed by atoms with van der Waals surface area (Å²) in [6.45, 7) is 0.884. The Balaban J connectivity index is 0.000000200. The molecule has 0 amide bonds. The van der Waals surface area contributed by atoms with Gasteiger partial charge in [-0.05, 0) is 22.2 Å². The topological polar surface area (TPSA) is 97.5 Å². The van der Waals surface area contributed by atoms with E-state index in [1.807, 2.05) is 60.7 Å². The minimum atomic E-state index is 0.442. The normalized spacial score (nSPS) is 8.40. The molecular weight excluding hydrogens is 252 g/mol. The first-order chi connectivity index (χ1) is 9.86. The van der Waals surface area contributed by atoms with Crippen LogP contribution in [0.4, 0.5) is 0 Å². The molecule has 0 radical (unpaired) electrons. The van der Waals surface area contributed by atoms with Crippen molar-refractivity contribution in [2.75, 3.05) is 0 Å². The molecule has 0 aliphatic heterocycles. The molecule has 2 aromatic carbocycles. The van der Waals surface area contributed by atoms with Gasteiger partial charge in [0.25, 0.3) is 0 Å². The molecule has 0 aliphatic rings. The average Bonchev–Trinajstić information content (AvgIpc) is 2.53. The van der Waals surface area contributed by atoms with Crippen LogP contribution >= 0.6 is 0 Å². The molecule has 0 spiro atoms. The molecule has 6 heteroatoms. The summed E-state index contributed by atoms with van der Waals surface area (Å²) < 4.78 is 0. The fourth-order valence-electron chi connectivity index (χ4n) is 1.39. The third-order valence-corrected chi connectivity index (χ3v) is 2.32.